The van der Waals surface area contributed by atoms with E-state index >= 15 is 0 Å². The van der Waals surface area contributed by atoms with Crippen LogP contribution in [0.15, 0.2) is 24.3 Å². The first kappa shape index (κ1) is 14.6. The van der Waals surface area contributed by atoms with Gasteiger partial charge in [-0.3, -0.25) is 19.2 Å². The van der Waals surface area contributed by atoms with Gasteiger partial charge in [0.15, 0.2) is 11.6 Å². The second-order valence-corrected chi connectivity index (χ2v) is 6.71. The Morgan fingerprint density at radius 3 is 1.41 bits per heavy atom. The molecular weight excluding hydrogens is 324 g/mol. The van der Waals surface area contributed by atoms with Crippen molar-refractivity contribution in [2.24, 2.45) is 0 Å². The second-order valence-electron chi connectivity index (χ2n) is 4.54. The number of hydrogen-bond acceptors (Lipinski definition) is 6. The van der Waals surface area contributed by atoms with Gasteiger partial charge in [0.1, 0.15) is 0 Å². The van der Waals surface area contributed by atoms with E-state index in [1.54, 1.807) is 0 Å². The van der Waals surface area contributed by atoms with Crippen molar-refractivity contribution in [3.05, 3.63) is 43.8 Å². The number of carbonyl (C=O) groups excluding carboxylic acids is 4. The van der Waals surface area contributed by atoms with Crippen LogP contribution in [0.3, 0.4) is 0 Å². The summed E-state index contributed by atoms with van der Waals surface area (Å²) in [5.74, 6) is -1.31. The Balaban J connectivity index is 1.92. The van der Waals surface area contributed by atoms with Crippen LogP contribution in [0.25, 0.3) is 0 Å². The van der Waals surface area contributed by atoms with Crippen LogP contribution in [0.5, 0.6) is 0 Å². The van der Waals surface area contributed by atoms with E-state index in [9.17, 15) is 19.2 Å². The van der Waals surface area contributed by atoms with Crippen molar-refractivity contribution in [1.82, 2.24) is 10.6 Å². The van der Waals surface area contributed by atoms with E-state index in [1.165, 1.54) is 24.3 Å². The van der Waals surface area contributed by atoms with E-state index in [4.69, 9.17) is 0 Å². The fraction of sp³-hybridized carbons (Fsp3) is 0.143. The third-order valence-electron chi connectivity index (χ3n) is 3.03. The smallest absolute Gasteiger partial charge is 0.261 e. The van der Waals surface area contributed by atoms with Crippen molar-refractivity contribution in [3.8, 4) is 0 Å². The number of Topliss-reactive ketones (excluding diaryl/α,β-unsaturated/α-hetero) is 2. The third-order valence-corrected chi connectivity index (χ3v) is 5.28. The molecule has 112 valence electrons. The molecule has 0 saturated heterocycles. The van der Waals surface area contributed by atoms with Crippen molar-refractivity contribution >= 4 is 46.1 Å². The molecule has 2 amide bonds. The van der Waals surface area contributed by atoms with Gasteiger partial charge < -0.3 is 10.6 Å². The lowest BCUT2D eigenvalue weighted by atomic mass is 10.3. The molecule has 0 radical (unpaired) electrons. The van der Waals surface area contributed by atoms with Crippen molar-refractivity contribution in [3.63, 3.8) is 0 Å². The van der Waals surface area contributed by atoms with Gasteiger partial charge in [-0.2, -0.15) is 0 Å². The number of nitrogens with one attached hydrogen (secondary N) is 2. The summed E-state index contributed by atoms with van der Waals surface area (Å²) in [6.45, 7) is -0.302. The lowest BCUT2D eigenvalue weighted by molar-refractivity contribution is 0.0906. The first-order valence-electron chi connectivity index (χ1n) is 6.37. The first-order valence-corrected chi connectivity index (χ1v) is 8.00. The fourth-order valence-corrected chi connectivity index (χ4v) is 3.61. The summed E-state index contributed by atoms with van der Waals surface area (Å²) in [4.78, 5) is 49.4. The summed E-state index contributed by atoms with van der Waals surface area (Å²) in [6, 6.07) is 6.14. The molecule has 0 aromatic carbocycles. The van der Waals surface area contributed by atoms with Crippen LogP contribution in [0, 0.1) is 0 Å². The number of hydrogen-bond donors (Lipinski definition) is 2. The zero-order valence-corrected chi connectivity index (χ0v) is 12.8. The van der Waals surface area contributed by atoms with Gasteiger partial charge in [-0.15, -0.1) is 22.7 Å². The van der Waals surface area contributed by atoms with Gasteiger partial charge in [-0.05, 0) is 24.3 Å². The Kier molecular flexibility index (Phi) is 3.86. The van der Waals surface area contributed by atoms with Crippen LogP contribution in [0.4, 0.5) is 0 Å². The Morgan fingerprint density at radius 1 is 0.636 bits per heavy atom. The predicted octanol–water partition coefficient (Wildman–Crippen LogP) is 1.35. The molecule has 0 saturated carbocycles. The minimum absolute atomic E-state index is 0.151. The molecule has 22 heavy (non-hydrogen) atoms. The highest BCUT2D eigenvalue weighted by Gasteiger charge is 2.19. The van der Waals surface area contributed by atoms with Crippen LogP contribution in [0.1, 0.15) is 38.7 Å². The van der Waals surface area contributed by atoms with Gasteiger partial charge in [0.25, 0.3) is 11.8 Å². The summed E-state index contributed by atoms with van der Waals surface area (Å²) in [5, 5.41) is 5.05. The van der Waals surface area contributed by atoms with E-state index in [0.717, 1.165) is 22.7 Å². The maximum absolute atomic E-state index is 12.0. The SMILES string of the molecule is O=C1CNC(=O)c2ccc(s2)C(=O)CNC(=O)c2ccc1s2. The van der Waals surface area contributed by atoms with Gasteiger partial charge in [0, 0.05) is 0 Å². The van der Waals surface area contributed by atoms with E-state index in [1.807, 2.05) is 0 Å². The zero-order chi connectivity index (χ0) is 15.7. The van der Waals surface area contributed by atoms with E-state index in [-0.39, 0.29) is 24.7 Å². The van der Waals surface area contributed by atoms with Crippen molar-refractivity contribution < 1.29 is 19.2 Å². The molecule has 2 aromatic rings. The Morgan fingerprint density at radius 2 is 1.00 bits per heavy atom. The number of rotatable bonds is 0. The summed E-state index contributed by atoms with van der Waals surface area (Å²) in [5.41, 5.74) is 0. The van der Waals surface area contributed by atoms with Crippen molar-refractivity contribution in [1.29, 1.82) is 0 Å². The quantitative estimate of drug-likeness (QED) is 0.760. The largest absolute Gasteiger partial charge is 0.344 e. The Hall–Kier alpha value is -2.32. The molecule has 0 unspecified atom stereocenters. The zero-order valence-electron chi connectivity index (χ0n) is 11.2. The molecule has 4 bridgehead atoms. The highest BCUT2D eigenvalue weighted by Crippen LogP contribution is 2.19. The number of fused-ring (bicyclic) bond motifs is 4. The van der Waals surface area contributed by atoms with Crippen LogP contribution in [-0.2, 0) is 0 Å². The molecular formula is C14H10N2O4S2. The maximum Gasteiger partial charge on any atom is 0.261 e. The molecule has 1 aliphatic heterocycles. The maximum atomic E-state index is 12.0. The first-order chi connectivity index (χ1) is 10.5. The normalized spacial score (nSPS) is 16.0. The summed E-state index contributed by atoms with van der Waals surface area (Å²) < 4.78 is 0. The number of ketones is 2. The van der Waals surface area contributed by atoms with Gasteiger partial charge in [0.2, 0.25) is 0 Å². The number of amides is 2. The third kappa shape index (κ3) is 2.83. The van der Waals surface area contributed by atoms with Gasteiger partial charge in [-0.1, -0.05) is 0 Å². The number of carbonyl (C=O) groups is 4. The average molecular weight is 334 g/mol. The summed E-state index contributed by atoms with van der Waals surface area (Å²) >= 11 is 2.07. The number of thiophene rings is 2. The minimum Gasteiger partial charge on any atom is -0.344 e. The van der Waals surface area contributed by atoms with Crippen LogP contribution in [-0.4, -0.2) is 36.5 Å². The Labute approximate surface area is 133 Å². The minimum atomic E-state index is -0.393. The van der Waals surface area contributed by atoms with E-state index in [2.05, 4.69) is 10.6 Å². The molecule has 1 aliphatic rings. The van der Waals surface area contributed by atoms with E-state index < -0.39 is 11.8 Å². The molecule has 6 nitrogen and oxygen atoms in total. The molecule has 3 rings (SSSR count). The summed E-state index contributed by atoms with van der Waals surface area (Å²) in [6.07, 6.45) is 0. The standard InChI is InChI=1S/C14H10N2O4S2/c17-7-5-15-14(20)12-4-2-10(22-12)8(18)6-16-13(19)11-3-1-9(7)21-11/h1-4H,5-6H2,(H,15,20)(H,16,19). The van der Waals surface area contributed by atoms with Crippen LogP contribution >= 0.6 is 22.7 Å². The van der Waals surface area contributed by atoms with Crippen molar-refractivity contribution in [2.75, 3.05) is 13.1 Å². The molecule has 3 heterocycles. The summed E-state index contributed by atoms with van der Waals surface area (Å²) in [7, 11) is 0. The molecule has 0 fully saturated rings. The predicted molar refractivity (Wildman–Crippen MR) is 82.0 cm³/mol. The van der Waals surface area contributed by atoms with Gasteiger partial charge >= 0.3 is 0 Å². The highest BCUT2D eigenvalue weighted by molar-refractivity contribution is 7.16. The van der Waals surface area contributed by atoms with Gasteiger partial charge in [-0.25, -0.2) is 0 Å². The monoisotopic (exact) mass is 334 g/mol. The highest BCUT2D eigenvalue weighted by atomic mass is 32.1. The molecule has 0 spiro atoms. The molecule has 8 heteroatoms. The molecule has 0 atom stereocenters. The average Bonchev–Trinajstić information content (AvgIpc) is 3.17. The Bertz CT molecular complexity index is 663. The van der Waals surface area contributed by atoms with Crippen LogP contribution < -0.4 is 10.6 Å². The van der Waals surface area contributed by atoms with Gasteiger partial charge in [0.05, 0.1) is 32.6 Å². The van der Waals surface area contributed by atoms with Crippen LogP contribution in [0.2, 0.25) is 0 Å². The lowest BCUT2D eigenvalue weighted by Gasteiger charge is -2.03. The lowest BCUT2D eigenvalue weighted by Crippen LogP contribution is -2.29. The second kappa shape index (κ2) is 5.82. The fourth-order valence-electron chi connectivity index (χ4n) is 1.89. The molecule has 0 aliphatic carbocycles. The van der Waals surface area contributed by atoms with E-state index in [0.29, 0.717) is 19.5 Å². The van der Waals surface area contributed by atoms with Crippen molar-refractivity contribution in [2.45, 2.75) is 0 Å². The molecule has 2 aromatic heterocycles. The molecule has 2 N–H and O–H groups in total. The topological polar surface area (TPSA) is 92.3 Å².